The van der Waals surface area contributed by atoms with E-state index in [1.807, 2.05) is 4.90 Å². The lowest BCUT2D eigenvalue weighted by atomic mass is 9.82. The van der Waals surface area contributed by atoms with Crippen molar-refractivity contribution >= 4 is 6.01 Å². The minimum atomic E-state index is -4.58. The highest BCUT2D eigenvalue weighted by molar-refractivity contribution is 5.31. The van der Waals surface area contributed by atoms with Crippen molar-refractivity contribution in [2.75, 3.05) is 18.0 Å². The maximum atomic E-state index is 14.6. The van der Waals surface area contributed by atoms with Gasteiger partial charge in [-0.2, -0.15) is 18.3 Å². The van der Waals surface area contributed by atoms with Gasteiger partial charge in [0.05, 0.1) is 0 Å². The number of hydrogen-bond acceptors (Lipinski definition) is 6. The maximum absolute atomic E-state index is 14.6. The Bertz CT molecular complexity index is 1310. The molecular formula is C24H24F6N6O. The van der Waals surface area contributed by atoms with Crippen LogP contribution in [0.2, 0.25) is 0 Å². The molecular weight excluding hydrogens is 502 g/mol. The van der Waals surface area contributed by atoms with Crippen LogP contribution in [0.15, 0.2) is 16.5 Å². The van der Waals surface area contributed by atoms with E-state index in [-0.39, 0.29) is 47.8 Å². The van der Waals surface area contributed by atoms with Gasteiger partial charge in [0.2, 0.25) is 5.89 Å². The summed E-state index contributed by atoms with van der Waals surface area (Å²) in [5.41, 5.74) is -0.219. The molecule has 4 heterocycles. The number of rotatable bonds is 4. The fourth-order valence-electron chi connectivity index (χ4n) is 6.37. The highest BCUT2D eigenvalue weighted by Crippen LogP contribution is 2.47. The van der Waals surface area contributed by atoms with Gasteiger partial charge in [0, 0.05) is 37.9 Å². The Morgan fingerprint density at radius 3 is 2.35 bits per heavy atom. The number of anilines is 1. The zero-order valence-electron chi connectivity index (χ0n) is 19.9. The molecule has 7 nitrogen and oxygen atoms in total. The van der Waals surface area contributed by atoms with Gasteiger partial charge in [-0.05, 0) is 49.5 Å². The second-order valence-corrected chi connectivity index (χ2v) is 10.3. The first kappa shape index (κ1) is 24.2. The number of alkyl halides is 3. The van der Waals surface area contributed by atoms with Crippen molar-refractivity contribution in [1.29, 1.82) is 0 Å². The molecule has 1 aliphatic carbocycles. The van der Waals surface area contributed by atoms with Crippen LogP contribution < -0.4 is 4.90 Å². The molecule has 3 aromatic rings. The number of benzene rings is 1. The molecule has 5 atom stereocenters. The van der Waals surface area contributed by atoms with Gasteiger partial charge in [0.25, 0.3) is 0 Å². The Kier molecular flexibility index (Phi) is 5.72. The summed E-state index contributed by atoms with van der Waals surface area (Å²) in [4.78, 5) is 6.50. The third-order valence-electron chi connectivity index (χ3n) is 8.09. The van der Waals surface area contributed by atoms with Crippen molar-refractivity contribution in [3.63, 3.8) is 0 Å². The summed E-state index contributed by atoms with van der Waals surface area (Å²) in [6.45, 7) is 3.09. The number of fused-ring (bicyclic) bond motifs is 3. The topological polar surface area (TPSA) is 72.9 Å². The van der Waals surface area contributed by atoms with Crippen LogP contribution in [0.5, 0.6) is 0 Å². The van der Waals surface area contributed by atoms with Crippen molar-refractivity contribution in [3.8, 4) is 0 Å². The Hall–Kier alpha value is -3.12. The SMILES string of the molecule is Cc1nnc(N2C[C@H]3CC[C@@H](C2)C3Cc2nc3n(n2)C(C(F)(F)F)CCC3c2ccc(F)c(F)c2F)o1. The van der Waals surface area contributed by atoms with Gasteiger partial charge in [0.15, 0.2) is 23.3 Å². The third-order valence-corrected chi connectivity index (χ3v) is 8.09. The van der Waals surface area contributed by atoms with E-state index in [2.05, 4.69) is 20.3 Å². The standard InChI is InChI=1S/C24H24F6N6O/c1-11-32-33-23(37-11)35-9-12-2-3-13(10-35)16(12)8-19-31-22-15(14-4-6-17(25)21(27)20(14)26)5-7-18(24(28,29)30)36(22)34-19/h4,6,12-13,15-16,18H,2-3,5,7-10H2,1H3/t12-,13+,15?,16?,18?. The fraction of sp³-hybridized carbons (Fsp3) is 0.583. The lowest BCUT2D eigenvalue weighted by molar-refractivity contribution is -0.175. The molecule has 1 saturated carbocycles. The molecule has 37 heavy (non-hydrogen) atoms. The quantitative estimate of drug-likeness (QED) is 0.347. The number of piperidine rings is 1. The van der Waals surface area contributed by atoms with Crippen LogP contribution in [0.25, 0.3) is 0 Å². The number of nitrogens with zero attached hydrogens (tertiary/aromatic N) is 6. The van der Waals surface area contributed by atoms with E-state index in [1.54, 1.807) is 6.92 Å². The van der Waals surface area contributed by atoms with Gasteiger partial charge in [-0.1, -0.05) is 11.2 Å². The van der Waals surface area contributed by atoms with E-state index in [1.165, 1.54) is 0 Å². The Morgan fingerprint density at radius 2 is 1.70 bits per heavy atom. The first-order chi connectivity index (χ1) is 17.6. The zero-order chi connectivity index (χ0) is 26.1. The molecule has 198 valence electrons. The molecule has 0 radical (unpaired) electrons. The maximum Gasteiger partial charge on any atom is 0.410 e. The molecule has 3 unspecified atom stereocenters. The first-order valence-electron chi connectivity index (χ1n) is 12.3. The van der Waals surface area contributed by atoms with Crippen LogP contribution >= 0.6 is 0 Å². The fourth-order valence-corrected chi connectivity index (χ4v) is 6.37. The minimum Gasteiger partial charge on any atom is -0.408 e. The average molecular weight is 526 g/mol. The van der Waals surface area contributed by atoms with Gasteiger partial charge in [-0.3, -0.25) is 0 Å². The summed E-state index contributed by atoms with van der Waals surface area (Å²) in [5.74, 6) is -4.05. The first-order valence-corrected chi connectivity index (χ1v) is 12.3. The molecule has 1 saturated heterocycles. The molecule has 2 aromatic heterocycles. The van der Waals surface area contributed by atoms with E-state index in [9.17, 15) is 26.3 Å². The van der Waals surface area contributed by atoms with Gasteiger partial charge in [0.1, 0.15) is 11.9 Å². The Labute approximate surface area is 207 Å². The van der Waals surface area contributed by atoms with E-state index in [0.717, 1.165) is 29.7 Å². The van der Waals surface area contributed by atoms with E-state index >= 15 is 0 Å². The molecule has 0 N–H and O–H groups in total. The van der Waals surface area contributed by atoms with Crippen molar-refractivity contribution in [1.82, 2.24) is 25.0 Å². The molecule has 0 spiro atoms. The normalized spacial score (nSPS) is 27.5. The van der Waals surface area contributed by atoms with Crippen LogP contribution in [0.1, 0.15) is 60.7 Å². The van der Waals surface area contributed by atoms with Crippen molar-refractivity contribution < 1.29 is 30.8 Å². The molecule has 2 fully saturated rings. The van der Waals surface area contributed by atoms with Crippen LogP contribution in [0.4, 0.5) is 32.4 Å². The zero-order valence-corrected chi connectivity index (χ0v) is 19.9. The summed E-state index contributed by atoms with van der Waals surface area (Å²) < 4.78 is 90.0. The lowest BCUT2D eigenvalue weighted by Gasteiger charge is -2.36. The number of aromatic nitrogens is 5. The van der Waals surface area contributed by atoms with Crippen LogP contribution in [0.3, 0.4) is 0 Å². The van der Waals surface area contributed by atoms with Gasteiger partial charge in [-0.25, -0.2) is 22.8 Å². The monoisotopic (exact) mass is 526 g/mol. The molecule has 2 aliphatic heterocycles. The number of hydrogen-bond donors (Lipinski definition) is 0. The van der Waals surface area contributed by atoms with Crippen molar-refractivity contribution in [3.05, 3.63) is 52.7 Å². The van der Waals surface area contributed by atoms with Crippen molar-refractivity contribution in [2.45, 2.75) is 57.2 Å². The molecule has 0 amide bonds. The lowest BCUT2D eigenvalue weighted by Crippen LogP contribution is -2.43. The number of halogens is 6. The highest BCUT2D eigenvalue weighted by atomic mass is 19.4. The summed E-state index contributed by atoms with van der Waals surface area (Å²) >= 11 is 0. The third kappa shape index (κ3) is 4.15. The van der Waals surface area contributed by atoms with Gasteiger partial charge >= 0.3 is 12.2 Å². The Balaban J connectivity index is 1.30. The molecule has 3 aliphatic rings. The Morgan fingerprint density at radius 1 is 0.973 bits per heavy atom. The van der Waals surface area contributed by atoms with E-state index in [4.69, 9.17) is 4.42 Å². The summed E-state index contributed by atoms with van der Waals surface area (Å²) in [6, 6.07) is 0.405. The molecule has 1 aromatic carbocycles. The molecule has 13 heteroatoms. The van der Waals surface area contributed by atoms with Crippen LogP contribution in [0, 0.1) is 42.1 Å². The predicted molar refractivity (Wildman–Crippen MR) is 117 cm³/mol. The second-order valence-electron chi connectivity index (χ2n) is 10.3. The smallest absolute Gasteiger partial charge is 0.408 e. The van der Waals surface area contributed by atoms with E-state index in [0.29, 0.717) is 31.4 Å². The predicted octanol–water partition coefficient (Wildman–Crippen LogP) is 5.12. The average Bonchev–Trinajstić information content (AvgIpc) is 3.52. The van der Waals surface area contributed by atoms with E-state index < -0.39 is 35.6 Å². The summed E-state index contributed by atoms with van der Waals surface area (Å²) in [5, 5.41) is 12.2. The molecule has 6 rings (SSSR count). The second kappa shape index (κ2) is 8.73. The van der Waals surface area contributed by atoms with Crippen LogP contribution in [-0.4, -0.2) is 44.2 Å². The van der Waals surface area contributed by atoms with Crippen molar-refractivity contribution in [2.24, 2.45) is 17.8 Å². The summed E-state index contributed by atoms with van der Waals surface area (Å²) in [6.07, 6.45) is -2.76. The largest absolute Gasteiger partial charge is 0.410 e. The minimum absolute atomic E-state index is 0.0698. The summed E-state index contributed by atoms with van der Waals surface area (Å²) in [7, 11) is 0. The van der Waals surface area contributed by atoms with Gasteiger partial charge in [-0.15, -0.1) is 5.10 Å². The highest BCUT2D eigenvalue weighted by Gasteiger charge is 2.48. The number of aryl methyl sites for hydroxylation is 1. The molecule has 2 bridgehead atoms. The van der Waals surface area contributed by atoms with Crippen LogP contribution in [-0.2, 0) is 6.42 Å². The van der Waals surface area contributed by atoms with Gasteiger partial charge < -0.3 is 9.32 Å².